The second-order valence-electron chi connectivity index (χ2n) is 5.67. The zero-order valence-electron chi connectivity index (χ0n) is 11.8. The molecule has 1 N–H and O–H groups in total. The third kappa shape index (κ3) is 3.50. The molecule has 0 heterocycles. The van der Waals surface area contributed by atoms with Gasteiger partial charge in [-0.15, -0.1) is 0 Å². The van der Waals surface area contributed by atoms with Gasteiger partial charge >= 0.3 is 0 Å². The lowest BCUT2D eigenvalue weighted by atomic mass is 10.1. The van der Waals surface area contributed by atoms with Crippen molar-refractivity contribution < 1.29 is 0 Å². The molecule has 0 unspecified atom stereocenters. The van der Waals surface area contributed by atoms with Crippen LogP contribution < -0.4 is 5.32 Å². The molecule has 1 aliphatic carbocycles. The van der Waals surface area contributed by atoms with Gasteiger partial charge < -0.3 is 5.32 Å². The van der Waals surface area contributed by atoms with E-state index in [1.54, 1.807) is 0 Å². The number of halogens is 1. The summed E-state index contributed by atoms with van der Waals surface area (Å²) in [6, 6.07) is 18.0. The molecule has 1 aliphatic rings. The highest BCUT2D eigenvalue weighted by molar-refractivity contribution is 9.10. The van der Waals surface area contributed by atoms with E-state index in [9.17, 15) is 0 Å². The first-order valence-electron chi connectivity index (χ1n) is 7.30. The van der Waals surface area contributed by atoms with Gasteiger partial charge in [-0.05, 0) is 54.5 Å². The van der Waals surface area contributed by atoms with Gasteiger partial charge in [0.1, 0.15) is 0 Å². The van der Waals surface area contributed by atoms with Gasteiger partial charge in [0.15, 0.2) is 0 Å². The van der Waals surface area contributed by atoms with E-state index in [2.05, 4.69) is 76.7 Å². The van der Waals surface area contributed by atoms with Crippen molar-refractivity contribution in [2.24, 2.45) is 0 Å². The molecule has 0 aliphatic heterocycles. The Kier molecular flexibility index (Phi) is 4.23. The summed E-state index contributed by atoms with van der Waals surface area (Å²) in [4.78, 5) is 0. The summed E-state index contributed by atoms with van der Waals surface area (Å²) in [7, 11) is 0. The molecule has 2 heteroatoms. The first-order valence-corrected chi connectivity index (χ1v) is 8.09. The molecule has 1 fully saturated rings. The third-order valence-corrected chi connectivity index (χ3v) is 4.54. The molecular weight excluding hydrogens is 310 g/mol. The van der Waals surface area contributed by atoms with E-state index in [0.717, 1.165) is 16.9 Å². The Hall–Kier alpha value is -1.12. The number of hydrogen-bond acceptors (Lipinski definition) is 1. The van der Waals surface area contributed by atoms with Crippen LogP contribution in [0.5, 0.6) is 0 Å². The topological polar surface area (TPSA) is 12.0 Å². The van der Waals surface area contributed by atoms with Gasteiger partial charge in [0.2, 0.25) is 0 Å². The molecule has 1 nitrogen and oxygen atoms in total. The zero-order chi connectivity index (χ0) is 13.9. The number of nitrogens with one attached hydrogen (secondary N) is 1. The summed E-state index contributed by atoms with van der Waals surface area (Å²) in [5, 5.41) is 3.58. The predicted molar refractivity (Wildman–Crippen MR) is 87.8 cm³/mol. The van der Waals surface area contributed by atoms with E-state index in [-0.39, 0.29) is 0 Å². The average Bonchev–Trinajstić information content (AvgIpc) is 3.31. The van der Waals surface area contributed by atoms with Crippen LogP contribution in [0.4, 0.5) is 0 Å². The van der Waals surface area contributed by atoms with Crippen molar-refractivity contribution in [2.45, 2.75) is 38.3 Å². The molecular formula is C18H20BrN. The molecule has 3 rings (SSSR count). The van der Waals surface area contributed by atoms with Crippen LogP contribution in [0.15, 0.2) is 53.0 Å². The maximum atomic E-state index is 3.58. The predicted octanol–water partition coefficient (Wildman–Crippen LogP) is 5.18. The minimum Gasteiger partial charge on any atom is -0.306 e. The summed E-state index contributed by atoms with van der Waals surface area (Å²) in [5.41, 5.74) is 4.19. The highest BCUT2D eigenvalue weighted by atomic mass is 79.9. The molecule has 0 saturated heterocycles. The Morgan fingerprint density at radius 1 is 1.05 bits per heavy atom. The fraction of sp³-hybridized carbons (Fsp3) is 0.333. The van der Waals surface area contributed by atoms with E-state index in [1.165, 1.54) is 29.5 Å². The molecule has 2 aromatic rings. The van der Waals surface area contributed by atoms with E-state index in [4.69, 9.17) is 0 Å². The van der Waals surface area contributed by atoms with Gasteiger partial charge in [-0.2, -0.15) is 0 Å². The lowest BCUT2D eigenvalue weighted by Crippen LogP contribution is -2.17. The Morgan fingerprint density at radius 3 is 2.30 bits per heavy atom. The van der Waals surface area contributed by atoms with Crippen molar-refractivity contribution in [1.82, 2.24) is 5.32 Å². The molecule has 1 saturated carbocycles. The summed E-state index contributed by atoms with van der Waals surface area (Å²) in [5.74, 6) is 0.846. The minimum atomic E-state index is 0.367. The Labute approximate surface area is 129 Å². The van der Waals surface area contributed by atoms with Crippen LogP contribution in [-0.4, -0.2) is 0 Å². The van der Waals surface area contributed by atoms with Crippen LogP contribution in [0.25, 0.3) is 0 Å². The summed E-state index contributed by atoms with van der Waals surface area (Å²) in [6.45, 7) is 3.13. The maximum Gasteiger partial charge on any atom is 0.0294 e. The number of benzene rings is 2. The van der Waals surface area contributed by atoms with Crippen molar-refractivity contribution in [3.05, 3.63) is 69.7 Å². The van der Waals surface area contributed by atoms with Gasteiger partial charge in [0.25, 0.3) is 0 Å². The smallest absolute Gasteiger partial charge is 0.0294 e. The SMILES string of the molecule is C[C@H](NCc1ccc(C2CC2)cc1)c1ccc(Br)cc1. The standard InChI is InChI=1S/C18H20BrN/c1-13(15-8-10-18(19)11-9-15)20-12-14-2-4-16(5-3-14)17-6-7-17/h2-5,8-11,13,17,20H,6-7,12H2,1H3/t13-/m0/s1. The fourth-order valence-corrected chi connectivity index (χ4v) is 2.73. The summed E-state index contributed by atoms with van der Waals surface area (Å²) < 4.78 is 1.13. The summed E-state index contributed by atoms with van der Waals surface area (Å²) >= 11 is 3.47. The van der Waals surface area contributed by atoms with Crippen LogP contribution in [0.2, 0.25) is 0 Å². The summed E-state index contributed by atoms with van der Waals surface area (Å²) in [6.07, 6.45) is 2.75. The number of rotatable bonds is 5. The fourth-order valence-electron chi connectivity index (χ4n) is 2.46. The maximum absolute atomic E-state index is 3.58. The van der Waals surface area contributed by atoms with Crippen molar-refractivity contribution in [2.75, 3.05) is 0 Å². The van der Waals surface area contributed by atoms with Crippen LogP contribution in [0.3, 0.4) is 0 Å². The Balaban J connectivity index is 1.56. The van der Waals surface area contributed by atoms with E-state index >= 15 is 0 Å². The van der Waals surface area contributed by atoms with Crippen molar-refractivity contribution in [1.29, 1.82) is 0 Å². The largest absolute Gasteiger partial charge is 0.306 e. The molecule has 0 amide bonds. The van der Waals surface area contributed by atoms with Crippen LogP contribution in [0.1, 0.15) is 48.4 Å². The zero-order valence-corrected chi connectivity index (χ0v) is 13.4. The average molecular weight is 330 g/mol. The van der Waals surface area contributed by atoms with Crippen LogP contribution >= 0.6 is 15.9 Å². The molecule has 0 spiro atoms. The van der Waals surface area contributed by atoms with Crippen molar-refractivity contribution in [3.63, 3.8) is 0 Å². The highest BCUT2D eigenvalue weighted by Gasteiger charge is 2.22. The van der Waals surface area contributed by atoms with Crippen LogP contribution in [-0.2, 0) is 6.54 Å². The quantitative estimate of drug-likeness (QED) is 0.797. The van der Waals surface area contributed by atoms with Crippen molar-refractivity contribution >= 4 is 15.9 Å². The first kappa shape index (κ1) is 13.8. The molecule has 104 valence electrons. The van der Waals surface area contributed by atoms with Crippen molar-refractivity contribution in [3.8, 4) is 0 Å². The lowest BCUT2D eigenvalue weighted by molar-refractivity contribution is 0.574. The molecule has 1 atom stereocenters. The van der Waals surface area contributed by atoms with E-state index in [0.29, 0.717) is 6.04 Å². The number of hydrogen-bond donors (Lipinski definition) is 1. The van der Waals surface area contributed by atoms with Gasteiger partial charge in [-0.25, -0.2) is 0 Å². The van der Waals surface area contributed by atoms with Gasteiger partial charge in [0.05, 0.1) is 0 Å². The van der Waals surface area contributed by atoms with Gasteiger partial charge in [0, 0.05) is 17.1 Å². The Morgan fingerprint density at radius 2 is 1.70 bits per heavy atom. The molecule has 0 aromatic heterocycles. The van der Waals surface area contributed by atoms with E-state index in [1.807, 2.05) is 0 Å². The minimum absolute atomic E-state index is 0.367. The molecule has 0 bridgehead atoms. The first-order chi connectivity index (χ1) is 9.72. The molecule has 20 heavy (non-hydrogen) atoms. The second-order valence-corrected chi connectivity index (χ2v) is 6.59. The second kappa shape index (κ2) is 6.11. The monoisotopic (exact) mass is 329 g/mol. The Bertz CT molecular complexity index is 555. The third-order valence-electron chi connectivity index (χ3n) is 4.01. The van der Waals surface area contributed by atoms with Gasteiger partial charge in [-0.1, -0.05) is 52.3 Å². The lowest BCUT2D eigenvalue weighted by Gasteiger charge is -2.14. The van der Waals surface area contributed by atoms with Gasteiger partial charge in [-0.3, -0.25) is 0 Å². The molecule has 2 aromatic carbocycles. The van der Waals surface area contributed by atoms with Crippen LogP contribution in [0, 0.1) is 0 Å². The normalized spacial score (nSPS) is 16.1. The van der Waals surface area contributed by atoms with E-state index < -0.39 is 0 Å². The molecule has 0 radical (unpaired) electrons. The highest BCUT2D eigenvalue weighted by Crippen LogP contribution is 2.39.